The van der Waals surface area contributed by atoms with Gasteiger partial charge in [-0.25, -0.2) is 8.42 Å². The minimum atomic E-state index is -4.12. The Morgan fingerprint density at radius 1 is 1.43 bits per heavy atom. The van der Waals surface area contributed by atoms with Gasteiger partial charge < -0.3 is 4.90 Å². The lowest BCUT2D eigenvalue weighted by Crippen LogP contribution is -2.33. The van der Waals surface area contributed by atoms with Gasteiger partial charge >= 0.3 is 0 Å². The molecule has 0 aliphatic rings. The van der Waals surface area contributed by atoms with Crippen molar-refractivity contribution in [3.63, 3.8) is 0 Å². The van der Waals surface area contributed by atoms with Gasteiger partial charge in [0.1, 0.15) is 10.6 Å². The zero-order valence-electron chi connectivity index (χ0n) is 11.2. The molecule has 112 valence electrons. The first kappa shape index (κ1) is 16.6. The van der Waals surface area contributed by atoms with E-state index in [-0.39, 0.29) is 13.0 Å². The first-order valence-electron chi connectivity index (χ1n) is 5.86. The third kappa shape index (κ3) is 4.25. The number of amides is 1. The molecule has 0 unspecified atom stereocenters. The summed E-state index contributed by atoms with van der Waals surface area (Å²) in [7, 11) is -2.75. The molecule has 9 heteroatoms. The van der Waals surface area contributed by atoms with E-state index in [0.29, 0.717) is 0 Å². The first-order valence-corrected chi connectivity index (χ1v) is 7.52. The molecule has 0 spiro atoms. The topological polar surface area (TPSA) is 121 Å². The van der Waals surface area contributed by atoms with Gasteiger partial charge in [0.2, 0.25) is 5.91 Å². The van der Waals surface area contributed by atoms with Gasteiger partial charge in [-0.2, -0.15) is 5.26 Å². The number of nitrogens with zero attached hydrogens (tertiary/aromatic N) is 3. The number of nitro groups is 1. The highest BCUT2D eigenvalue weighted by Crippen LogP contribution is 2.24. The molecule has 1 amide bonds. The van der Waals surface area contributed by atoms with Gasteiger partial charge in [0, 0.05) is 19.7 Å². The molecule has 0 aliphatic heterocycles. The number of nitriles is 1. The molecule has 8 nitrogen and oxygen atoms in total. The standard InChI is InChI=1S/C12H13N3O5S/c1-14(8-4-7-13)12(16)9-21(19,20)11-6-3-2-5-10(11)15(17)18/h2-3,5-6H,4,8-9H2,1H3. The van der Waals surface area contributed by atoms with Crippen molar-refractivity contribution in [1.82, 2.24) is 4.90 Å². The lowest BCUT2D eigenvalue weighted by molar-refractivity contribution is -0.387. The van der Waals surface area contributed by atoms with E-state index >= 15 is 0 Å². The summed E-state index contributed by atoms with van der Waals surface area (Å²) in [5.41, 5.74) is -0.565. The van der Waals surface area contributed by atoms with E-state index in [4.69, 9.17) is 5.26 Å². The molecule has 0 atom stereocenters. The fourth-order valence-corrected chi connectivity index (χ4v) is 3.01. The predicted octanol–water partition coefficient (Wildman–Crippen LogP) is 0.741. The number of carbonyl (C=O) groups excluding carboxylic acids is 1. The van der Waals surface area contributed by atoms with E-state index in [1.165, 1.54) is 19.2 Å². The van der Waals surface area contributed by atoms with E-state index < -0.39 is 37.0 Å². The smallest absolute Gasteiger partial charge is 0.287 e. The molecule has 1 rings (SSSR count). The summed E-state index contributed by atoms with van der Waals surface area (Å²) in [6.45, 7) is 0.0989. The lowest BCUT2D eigenvalue weighted by atomic mass is 10.3. The van der Waals surface area contributed by atoms with E-state index in [2.05, 4.69) is 0 Å². The minimum Gasteiger partial charge on any atom is -0.344 e. The van der Waals surface area contributed by atoms with Crippen LogP contribution in [-0.2, 0) is 14.6 Å². The number of nitro benzene ring substituents is 1. The van der Waals surface area contributed by atoms with Crippen LogP contribution in [0, 0.1) is 21.4 Å². The highest BCUT2D eigenvalue weighted by atomic mass is 32.2. The minimum absolute atomic E-state index is 0.0772. The van der Waals surface area contributed by atoms with Gasteiger partial charge in [0.15, 0.2) is 9.84 Å². The summed E-state index contributed by atoms with van der Waals surface area (Å²) >= 11 is 0. The van der Waals surface area contributed by atoms with E-state index in [1.807, 2.05) is 6.07 Å². The van der Waals surface area contributed by atoms with Gasteiger partial charge in [0.25, 0.3) is 5.69 Å². The number of para-hydroxylation sites is 1. The maximum atomic E-state index is 12.1. The van der Waals surface area contributed by atoms with Gasteiger partial charge in [-0.05, 0) is 6.07 Å². The number of benzene rings is 1. The van der Waals surface area contributed by atoms with Gasteiger partial charge in [-0.15, -0.1) is 0 Å². The predicted molar refractivity (Wildman–Crippen MR) is 73.0 cm³/mol. The Kier molecular flexibility index (Phi) is 5.37. The Labute approximate surface area is 121 Å². The summed E-state index contributed by atoms with van der Waals surface area (Å²) in [6, 6.07) is 6.70. The largest absolute Gasteiger partial charge is 0.344 e. The summed E-state index contributed by atoms with van der Waals surface area (Å²) in [4.78, 5) is 22.4. The Morgan fingerprint density at radius 3 is 2.62 bits per heavy atom. The molecule has 0 N–H and O–H groups in total. The van der Waals surface area contributed by atoms with Gasteiger partial charge in [-0.1, -0.05) is 12.1 Å². The van der Waals surface area contributed by atoms with Crippen molar-refractivity contribution in [3.05, 3.63) is 34.4 Å². The van der Waals surface area contributed by atoms with E-state index in [1.54, 1.807) is 0 Å². The maximum Gasteiger partial charge on any atom is 0.287 e. The maximum absolute atomic E-state index is 12.1. The van der Waals surface area contributed by atoms with Crippen LogP contribution >= 0.6 is 0 Å². The van der Waals surface area contributed by atoms with Gasteiger partial charge in [-0.3, -0.25) is 14.9 Å². The summed E-state index contributed by atoms with van der Waals surface area (Å²) in [6.07, 6.45) is 0.0772. The number of hydrogen-bond acceptors (Lipinski definition) is 6. The van der Waals surface area contributed by atoms with Crippen molar-refractivity contribution in [3.8, 4) is 6.07 Å². The molecule has 0 heterocycles. The number of hydrogen-bond donors (Lipinski definition) is 0. The van der Waals surface area contributed by atoms with Gasteiger partial charge in [0.05, 0.1) is 17.4 Å². The SMILES string of the molecule is CN(CCC#N)C(=O)CS(=O)(=O)c1ccccc1[N+](=O)[O-]. The third-order valence-corrected chi connectivity index (χ3v) is 4.34. The van der Waals surface area contributed by atoms with E-state index in [9.17, 15) is 23.3 Å². The zero-order valence-corrected chi connectivity index (χ0v) is 12.0. The van der Waals surface area contributed by atoms with Crippen LogP contribution in [0.15, 0.2) is 29.2 Å². The van der Waals surface area contributed by atoms with Crippen molar-refractivity contribution < 1.29 is 18.1 Å². The fraction of sp³-hybridized carbons (Fsp3) is 0.333. The van der Waals surface area contributed by atoms with Crippen molar-refractivity contribution >= 4 is 21.4 Å². The lowest BCUT2D eigenvalue weighted by Gasteiger charge is -2.15. The molecular formula is C12H13N3O5S. The van der Waals surface area contributed by atoms with Crippen LogP contribution in [0.5, 0.6) is 0 Å². The summed E-state index contributed by atoms with van der Waals surface area (Å²) in [5, 5.41) is 19.3. The summed E-state index contributed by atoms with van der Waals surface area (Å²) < 4.78 is 24.3. The highest BCUT2D eigenvalue weighted by molar-refractivity contribution is 7.92. The van der Waals surface area contributed by atoms with Crippen LogP contribution in [0.1, 0.15) is 6.42 Å². The highest BCUT2D eigenvalue weighted by Gasteiger charge is 2.28. The Balaban J connectivity index is 3.01. The third-order valence-electron chi connectivity index (χ3n) is 2.70. The first-order chi connectivity index (χ1) is 9.79. The van der Waals surface area contributed by atoms with Crippen molar-refractivity contribution in [2.24, 2.45) is 0 Å². The number of carbonyl (C=O) groups is 1. The van der Waals surface area contributed by atoms with Crippen LogP contribution in [0.3, 0.4) is 0 Å². The molecule has 0 aliphatic carbocycles. The van der Waals surface area contributed by atoms with Crippen LogP contribution < -0.4 is 0 Å². The average Bonchev–Trinajstić information content (AvgIpc) is 2.44. The Bertz CT molecular complexity index is 693. The molecular weight excluding hydrogens is 298 g/mol. The molecule has 1 aromatic rings. The molecule has 0 aromatic heterocycles. The molecule has 0 radical (unpaired) electrons. The molecule has 21 heavy (non-hydrogen) atoms. The molecule has 0 fully saturated rings. The van der Waals surface area contributed by atoms with Crippen LogP contribution in [0.2, 0.25) is 0 Å². The van der Waals surface area contributed by atoms with Crippen molar-refractivity contribution in [2.75, 3.05) is 19.3 Å². The van der Waals surface area contributed by atoms with Crippen molar-refractivity contribution in [2.45, 2.75) is 11.3 Å². The zero-order chi connectivity index (χ0) is 16.0. The van der Waals surface area contributed by atoms with E-state index in [0.717, 1.165) is 17.0 Å². The quantitative estimate of drug-likeness (QED) is 0.564. The van der Waals surface area contributed by atoms with Crippen LogP contribution in [-0.4, -0.2) is 43.5 Å². The monoisotopic (exact) mass is 311 g/mol. The number of sulfone groups is 1. The Hall–Kier alpha value is -2.47. The average molecular weight is 311 g/mol. The molecule has 1 aromatic carbocycles. The van der Waals surface area contributed by atoms with Crippen LogP contribution in [0.4, 0.5) is 5.69 Å². The second-order valence-electron chi connectivity index (χ2n) is 4.21. The fourth-order valence-electron chi connectivity index (χ4n) is 1.56. The molecule has 0 saturated carbocycles. The normalized spacial score (nSPS) is 10.7. The number of rotatable bonds is 6. The summed E-state index contributed by atoms with van der Waals surface area (Å²) in [5.74, 6) is -1.59. The second kappa shape index (κ2) is 6.81. The molecule has 0 saturated heterocycles. The Morgan fingerprint density at radius 2 is 2.05 bits per heavy atom. The van der Waals surface area contributed by atoms with Crippen molar-refractivity contribution in [1.29, 1.82) is 5.26 Å². The molecule has 0 bridgehead atoms. The van der Waals surface area contributed by atoms with Crippen LogP contribution in [0.25, 0.3) is 0 Å². The second-order valence-corrected chi connectivity index (χ2v) is 6.17.